The van der Waals surface area contributed by atoms with Crippen molar-refractivity contribution < 1.29 is 8.42 Å². The molecule has 1 aromatic rings. The van der Waals surface area contributed by atoms with Crippen molar-refractivity contribution in [2.24, 2.45) is 25.7 Å². The molecule has 1 aromatic heterocycles. The third kappa shape index (κ3) is 4.03. The van der Waals surface area contributed by atoms with E-state index in [4.69, 9.17) is 5.73 Å². The quantitative estimate of drug-likeness (QED) is 0.714. The van der Waals surface area contributed by atoms with Gasteiger partial charge in [-0.1, -0.05) is 12.8 Å². The van der Waals surface area contributed by atoms with Crippen molar-refractivity contribution in [2.45, 2.75) is 36.6 Å². The standard InChI is InChI=1S/C13H22N4O4S.ClH/c1-16-8-11(12(18)17(2)13(16)19)22(20,21)15-10(7-14)9-5-3-4-6-9;/h8-10,15H,3-7,14H2,1-2H3;1H. The predicted octanol–water partition coefficient (Wildman–Crippen LogP) is -0.698. The number of nitrogens with two attached hydrogens (primary N) is 1. The Hall–Kier alpha value is -1.16. The van der Waals surface area contributed by atoms with Gasteiger partial charge in [0.05, 0.1) is 0 Å². The second-order valence-corrected chi connectivity index (χ2v) is 7.44. The molecule has 1 unspecified atom stereocenters. The van der Waals surface area contributed by atoms with E-state index in [1.807, 2.05) is 0 Å². The molecule has 1 heterocycles. The van der Waals surface area contributed by atoms with Crippen molar-refractivity contribution in [3.63, 3.8) is 0 Å². The first-order chi connectivity index (χ1) is 10.3. The summed E-state index contributed by atoms with van der Waals surface area (Å²) in [6, 6.07) is -0.394. The smallest absolute Gasteiger partial charge is 0.329 e. The first kappa shape index (κ1) is 19.9. The second-order valence-electron chi connectivity index (χ2n) is 5.76. The molecule has 0 bridgehead atoms. The van der Waals surface area contributed by atoms with Crippen LogP contribution in [0.2, 0.25) is 0 Å². The summed E-state index contributed by atoms with van der Waals surface area (Å²) in [5, 5.41) is 0. The van der Waals surface area contributed by atoms with Gasteiger partial charge in [0.1, 0.15) is 0 Å². The molecule has 1 fully saturated rings. The van der Waals surface area contributed by atoms with Gasteiger partial charge in [-0.3, -0.25) is 9.36 Å². The number of sulfonamides is 1. The van der Waals surface area contributed by atoms with E-state index < -0.39 is 32.2 Å². The summed E-state index contributed by atoms with van der Waals surface area (Å²) in [5.41, 5.74) is 4.28. The van der Waals surface area contributed by atoms with E-state index in [2.05, 4.69) is 4.72 Å². The van der Waals surface area contributed by atoms with Crippen LogP contribution in [0, 0.1) is 5.92 Å². The lowest BCUT2D eigenvalue weighted by Gasteiger charge is -2.23. The average Bonchev–Trinajstić information content (AvgIpc) is 3.00. The molecule has 0 radical (unpaired) electrons. The maximum Gasteiger partial charge on any atom is 0.330 e. The number of aryl methyl sites for hydroxylation is 1. The topological polar surface area (TPSA) is 116 Å². The lowest BCUT2D eigenvalue weighted by atomic mass is 9.99. The van der Waals surface area contributed by atoms with Gasteiger partial charge in [-0.05, 0) is 18.8 Å². The molecule has 10 heteroatoms. The Balaban J connectivity index is 0.00000264. The maximum absolute atomic E-state index is 12.5. The molecule has 8 nitrogen and oxygen atoms in total. The van der Waals surface area contributed by atoms with Crippen molar-refractivity contribution in [2.75, 3.05) is 6.54 Å². The summed E-state index contributed by atoms with van der Waals surface area (Å²) >= 11 is 0. The highest BCUT2D eigenvalue weighted by Gasteiger charge is 2.30. The van der Waals surface area contributed by atoms with Gasteiger partial charge in [-0.25, -0.2) is 17.9 Å². The summed E-state index contributed by atoms with van der Waals surface area (Å²) < 4.78 is 29.4. The van der Waals surface area contributed by atoms with E-state index in [9.17, 15) is 18.0 Å². The van der Waals surface area contributed by atoms with Gasteiger partial charge in [0.2, 0.25) is 10.0 Å². The zero-order chi connectivity index (χ0) is 16.5. The van der Waals surface area contributed by atoms with Crippen LogP contribution in [0.15, 0.2) is 20.7 Å². The number of hydrogen-bond acceptors (Lipinski definition) is 5. The summed E-state index contributed by atoms with van der Waals surface area (Å²) in [7, 11) is -1.37. The van der Waals surface area contributed by atoms with Crippen molar-refractivity contribution in [3.8, 4) is 0 Å². The van der Waals surface area contributed by atoms with E-state index in [0.717, 1.165) is 41.0 Å². The van der Waals surface area contributed by atoms with Crippen molar-refractivity contribution in [3.05, 3.63) is 27.0 Å². The molecule has 1 aliphatic rings. The molecule has 1 atom stereocenters. The summed E-state index contributed by atoms with van der Waals surface area (Å²) in [6.45, 7) is 0.177. The minimum Gasteiger partial charge on any atom is -0.329 e. The molecule has 132 valence electrons. The molecule has 0 amide bonds. The number of nitrogens with zero attached hydrogens (tertiary/aromatic N) is 2. The molecule has 23 heavy (non-hydrogen) atoms. The molecule has 0 aliphatic heterocycles. The van der Waals surface area contributed by atoms with Crippen LogP contribution in [-0.4, -0.2) is 30.1 Å². The van der Waals surface area contributed by atoms with Crippen LogP contribution in [0.1, 0.15) is 25.7 Å². The maximum atomic E-state index is 12.5. The third-order valence-corrected chi connectivity index (χ3v) is 5.71. The monoisotopic (exact) mass is 366 g/mol. The van der Waals surface area contributed by atoms with Crippen molar-refractivity contribution in [1.82, 2.24) is 13.9 Å². The normalized spacial score (nSPS) is 17.0. The zero-order valence-electron chi connectivity index (χ0n) is 13.2. The van der Waals surface area contributed by atoms with E-state index in [1.54, 1.807) is 0 Å². The Labute approximate surface area is 141 Å². The Bertz CT molecular complexity index is 765. The van der Waals surface area contributed by atoms with Crippen LogP contribution >= 0.6 is 12.4 Å². The first-order valence-corrected chi connectivity index (χ1v) is 8.75. The van der Waals surface area contributed by atoms with Gasteiger partial charge >= 0.3 is 5.69 Å². The third-order valence-electron chi connectivity index (χ3n) is 4.23. The number of halogens is 1. The van der Waals surface area contributed by atoms with Gasteiger partial charge in [-0.15, -0.1) is 12.4 Å². The summed E-state index contributed by atoms with van der Waals surface area (Å²) in [4.78, 5) is 23.3. The van der Waals surface area contributed by atoms with Gasteiger partial charge in [0.25, 0.3) is 5.56 Å². The highest BCUT2D eigenvalue weighted by atomic mass is 35.5. The van der Waals surface area contributed by atoms with Gasteiger partial charge in [0.15, 0.2) is 4.90 Å². The molecule has 2 rings (SSSR count). The molecule has 1 aliphatic carbocycles. The van der Waals surface area contributed by atoms with Crippen molar-refractivity contribution in [1.29, 1.82) is 0 Å². The second kappa shape index (κ2) is 7.61. The van der Waals surface area contributed by atoms with E-state index >= 15 is 0 Å². The van der Waals surface area contributed by atoms with E-state index in [1.165, 1.54) is 14.1 Å². The molecule has 0 spiro atoms. The minimum atomic E-state index is -4.02. The lowest BCUT2D eigenvalue weighted by Crippen LogP contribution is -2.47. The summed E-state index contributed by atoms with van der Waals surface area (Å²) in [6.07, 6.45) is 5.02. The molecular weight excluding hydrogens is 344 g/mol. The number of nitrogens with one attached hydrogen (secondary N) is 1. The zero-order valence-corrected chi connectivity index (χ0v) is 14.8. The fraction of sp³-hybridized carbons (Fsp3) is 0.692. The first-order valence-electron chi connectivity index (χ1n) is 7.27. The Kier molecular flexibility index (Phi) is 6.58. The molecule has 0 saturated heterocycles. The van der Waals surface area contributed by atoms with Crippen LogP contribution in [0.5, 0.6) is 0 Å². The van der Waals surface area contributed by atoms with E-state index in [0.29, 0.717) is 0 Å². The van der Waals surface area contributed by atoms with Gasteiger partial charge in [0, 0.05) is 32.9 Å². The Morgan fingerprint density at radius 3 is 2.39 bits per heavy atom. The van der Waals surface area contributed by atoms with Gasteiger partial charge < -0.3 is 10.3 Å². The minimum absolute atomic E-state index is 0. The fourth-order valence-corrected chi connectivity index (χ4v) is 4.40. The molecule has 3 N–H and O–H groups in total. The van der Waals surface area contributed by atoms with Crippen molar-refractivity contribution >= 4 is 22.4 Å². The van der Waals surface area contributed by atoms with E-state index in [-0.39, 0.29) is 24.9 Å². The number of hydrogen-bond donors (Lipinski definition) is 2. The largest absolute Gasteiger partial charge is 0.330 e. The van der Waals surface area contributed by atoms with Crippen LogP contribution in [0.4, 0.5) is 0 Å². The highest BCUT2D eigenvalue weighted by molar-refractivity contribution is 7.89. The Morgan fingerprint density at radius 1 is 1.30 bits per heavy atom. The predicted molar refractivity (Wildman–Crippen MR) is 89.3 cm³/mol. The summed E-state index contributed by atoms with van der Waals surface area (Å²) in [5.74, 6) is 0.191. The molecule has 1 saturated carbocycles. The van der Waals surface area contributed by atoms with Crippen LogP contribution in [0.3, 0.4) is 0 Å². The fourth-order valence-electron chi connectivity index (χ4n) is 2.92. The van der Waals surface area contributed by atoms with Crippen LogP contribution < -0.4 is 21.7 Å². The van der Waals surface area contributed by atoms with Crippen LogP contribution in [-0.2, 0) is 24.1 Å². The van der Waals surface area contributed by atoms with Crippen LogP contribution in [0.25, 0.3) is 0 Å². The lowest BCUT2D eigenvalue weighted by molar-refractivity contribution is 0.405. The molecular formula is C13H23ClN4O4S. The molecule has 0 aromatic carbocycles. The highest BCUT2D eigenvalue weighted by Crippen LogP contribution is 2.27. The van der Waals surface area contributed by atoms with Gasteiger partial charge in [-0.2, -0.15) is 0 Å². The SMILES string of the molecule is Cl.Cn1cc(S(=O)(=O)NC(CN)C2CCCC2)c(=O)n(C)c1=O. The average molecular weight is 367 g/mol. The number of aromatic nitrogens is 2. The Morgan fingerprint density at radius 2 is 1.87 bits per heavy atom. The number of rotatable bonds is 5.